The zero-order valence-corrected chi connectivity index (χ0v) is 15.1. The molecule has 0 aliphatic rings. The van der Waals surface area contributed by atoms with Crippen LogP contribution < -0.4 is 10.9 Å². The van der Waals surface area contributed by atoms with Crippen molar-refractivity contribution >= 4 is 46.1 Å². The maximum Gasteiger partial charge on any atom is 0.252 e. The normalized spacial score (nSPS) is 10.8. The first-order chi connectivity index (χ1) is 10.9. The molecule has 23 heavy (non-hydrogen) atoms. The fourth-order valence-electron chi connectivity index (χ4n) is 1.85. The maximum atomic E-state index is 11.8. The van der Waals surface area contributed by atoms with Crippen LogP contribution in [0.15, 0.2) is 17.5 Å². The van der Waals surface area contributed by atoms with Crippen LogP contribution in [-0.4, -0.2) is 35.3 Å². The summed E-state index contributed by atoms with van der Waals surface area (Å²) in [5.41, 5.74) is 5.69. The SMILES string of the molecule is Cc1csc(CC(=O)NNC(=O)CN(C)Cc2ccc(Cl)s2)n1. The Labute approximate surface area is 147 Å². The molecule has 124 valence electrons. The highest BCUT2D eigenvalue weighted by molar-refractivity contribution is 7.16. The predicted molar refractivity (Wildman–Crippen MR) is 92.5 cm³/mol. The van der Waals surface area contributed by atoms with Crippen LogP contribution in [0.25, 0.3) is 0 Å². The van der Waals surface area contributed by atoms with E-state index in [0.717, 1.165) is 19.9 Å². The van der Waals surface area contributed by atoms with Gasteiger partial charge in [-0.15, -0.1) is 22.7 Å². The van der Waals surface area contributed by atoms with Crippen molar-refractivity contribution in [3.63, 3.8) is 0 Å². The first kappa shape index (κ1) is 17.9. The number of nitrogens with one attached hydrogen (secondary N) is 2. The molecule has 0 spiro atoms. The number of halogens is 1. The molecule has 0 unspecified atom stereocenters. The van der Waals surface area contributed by atoms with E-state index < -0.39 is 0 Å². The van der Waals surface area contributed by atoms with Crippen LogP contribution in [0.1, 0.15) is 15.6 Å². The second kappa shape index (κ2) is 8.39. The van der Waals surface area contributed by atoms with Crippen LogP contribution in [-0.2, 0) is 22.6 Å². The third kappa shape index (κ3) is 6.26. The molecule has 2 amide bonds. The highest BCUT2D eigenvalue weighted by atomic mass is 35.5. The highest BCUT2D eigenvalue weighted by Crippen LogP contribution is 2.22. The van der Waals surface area contributed by atoms with E-state index in [1.165, 1.54) is 22.7 Å². The lowest BCUT2D eigenvalue weighted by atomic mass is 10.4. The number of hydrogen-bond acceptors (Lipinski definition) is 6. The van der Waals surface area contributed by atoms with Gasteiger partial charge < -0.3 is 0 Å². The lowest BCUT2D eigenvalue weighted by Gasteiger charge is -2.15. The molecule has 6 nitrogen and oxygen atoms in total. The van der Waals surface area contributed by atoms with E-state index in [1.54, 1.807) is 0 Å². The summed E-state index contributed by atoms with van der Waals surface area (Å²) in [5.74, 6) is -0.570. The van der Waals surface area contributed by atoms with Crippen molar-refractivity contribution in [1.29, 1.82) is 0 Å². The van der Waals surface area contributed by atoms with Gasteiger partial charge in [0.25, 0.3) is 5.91 Å². The average molecular weight is 373 g/mol. The van der Waals surface area contributed by atoms with E-state index in [4.69, 9.17) is 11.6 Å². The van der Waals surface area contributed by atoms with Gasteiger partial charge in [-0.2, -0.15) is 0 Å². The first-order valence-electron chi connectivity index (χ1n) is 6.84. The molecule has 0 fully saturated rings. The Morgan fingerprint density at radius 3 is 2.65 bits per heavy atom. The number of thiophene rings is 1. The minimum Gasteiger partial charge on any atom is -0.292 e. The number of carbonyl (C=O) groups excluding carboxylic acids is 2. The molecular formula is C14H17ClN4O2S2. The number of aryl methyl sites for hydroxylation is 1. The molecule has 0 radical (unpaired) electrons. The number of rotatable bonds is 6. The van der Waals surface area contributed by atoms with E-state index in [2.05, 4.69) is 15.8 Å². The minimum absolute atomic E-state index is 0.155. The van der Waals surface area contributed by atoms with Gasteiger partial charge in [-0.3, -0.25) is 25.3 Å². The molecule has 2 rings (SSSR count). The van der Waals surface area contributed by atoms with E-state index >= 15 is 0 Å². The van der Waals surface area contributed by atoms with E-state index in [1.807, 2.05) is 36.4 Å². The molecule has 0 saturated heterocycles. The molecule has 9 heteroatoms. The van der Waals surface area contributed by atoms with Gasteiger partial charge in [-0.25, -0.2) is 4.98 Å². The molecule has 0 bridgehead atoms. The summed E-state index contributed by atoms with van der Waals surface area (Å²) in [6.45, 7) is 2.67. The van der Waals surface area contributed by atoms with Crippen LogP contribution in [0.3, 0.4) is 0 Å². The average Bonchev–Trinajstić information content (AvgIpc) is 3.05. The van der Waals surface area contributed by atoms with Gasteiger partial charge in [-0.05, 0) is 26.1 Å². The van der Waals surface area contributed by atoms with Crippen molar-refractivity contribution in [2.24, 2.45) is 0 Å². The lowest BCUT2D eigenvalue weighted by Crippen LogP contribution is -2.46. The standard InChI is InChI=1S/C14H17ClN4O2S2/c1-9-8-22-14(16-9)5-12(20)17-18-13(21)7-19(2)6-10-3-4-11(15)23-10/h3-4,8H,5-7H2,1-2H3,(H,17,20)(H,18,21). The number of nitrogens with zero attached hydrogens (tertiary/aromatic N) is 2. The zero-order chi connectivity index (χ0) is 16.8. The van der Waals surface area contributed by atoms with Gasteiger partial charge in [0, 0.05) is 22.5 Å². The molecular weight excluding hydrogens is 356 g/mol. The van der Waals surface area contributed by atoms with Crippen LogP contribution in [0.2, 0.25) is 4.34 Å². The van der Waals surface area contributed by atoms with Gasteiger partial charge >= 0.3 is 0 Å². The molecule has 0 aliphatic heterocycles. The van der Waals surface area contributed by atoms with Gasteiger partial charge in [0.15, 0.2) is 0 Å². The number of likely N-dealkylation sites (N-methyl/N-ethyl adjacent to an activating group) is 1. The number of amides is 2. The largest absolute Gasteiger partial charge is 0.292 e. The monoisotopic (exact) mass is 372 g/mol. The van der Waals surface area contributed by atoms with E-state index in [-0.39, 0.29) is 24.8 Å². The topological polar surface area (TPSA) is 74.3 Å². The van der Waals surface area contributed by atoms with E-state index in [0.29, 0.717) is 6.54 Å². The molecule has 2 aromatic rings. The number of hydrazine groups is 1. The molecule has 0 atom stereocenters. The number of aromatic nitrogens is 1. The van der Waals surface area contributed by atoms with Gasteiger partial charge in [0.1, 0.15) is 5.01 Å². The second-order valence-corrected chi connectivity index (χ2v) is 7.78. The van der Waals surface area contributed by atoms with Gasteiger partial charge in [-0.1, -0.05) is 11.6 Å². The Bertz CT molecular complexity index is 686. The van der Waals surface area contributed by atoms with Crippen molar-refractivity contribution in [3.8, 4) is 0 Å². The number of hydrogen-bond donors (Lipinski definition) is 2. The van der Waals surface area contributed by atoms with Gasteiger partial charge in [0.2, 0.25) is 5.91 Å². The zero-order valence-electron chi connectivity index (χ0n) is 12.8. The van der Waals surface area contributed by atoms with E-state index in [9.17, 15) is 9.59 Å². The molecule has 0 aromatic carbocycles. The summed E-state index contributed by atoms with van der Waals surface area (Å²) >= 11 is 8.78. The summed E-state index contributed by atoms with van der Waals surface area (Å²) in [4.78, 5) is 30.6. The Balaban J connectivity index is 1.68. The summed E-state index contributed by atoms with van der Waals surface area (Å²) < 4.78 is 0.725. The molecule has 2 heterocycles. The Morgan fingerprint density at radius 1 is 1.30 bits per heavy atom. The third-order valence-corrected chi connectivity index (χ3v) is 4.97. The quantitative estimate of drug-likeness (QED) is 0.760. The summed E-state index contributed by atoms with van der Waals surface area (Å²) in [5, 5.41) is 2.61. The van der Waals surface area contributed by atoms with Crippen molar-refractivity contribution in [2.45, 2.75) is 19.9 Å². The fourth-order valence-corrected chi connectivity index (χ4v) is 3.79. The molecule has 0 aliphatic carbocycles. The van der Waals surface area contributed by atoms with Crippen molar-refractivity contribution in [1.82, 2.24) is 20.7 Å². The fraction of sp³-hybridized carbons (Fsp3) is 0.357. The second-order valence-electron chi connectivity index (χ2n) is 5.03. The Kier molecular flexibility index (Phi) is 6.52. The highest BCUT2D eigenvalue weighted by Gasteiger charge is 2.11. The van der Waals surface area contributed by atoms with Crippen LogP contribution >= 0.6 is 34.3 Å². The smallest absolute Gasteiger partial charge is 0.252 e. The van der Waals surface area contributed by atoms with Gasteiger partial charge in [0.05, 0.1) is 17.3 Å². The van der Waals surface area contributed by atoms with Crippen LogP contribution in [0.4, 0.5) is 0 Å². The van der Waals surface area contributed by atoms with Crippen molar-refractivity contribution < 1.29 is 9.59 Å². The molecule has 0 saturated carbocycles. The Morgan fingerprint density at radius 2 is 2.04 bits per heavy atom. The Hall–Kier alpha value is -1.48. The summed E-state index contributed by atoms with van der Waals surface area (Å²) in [6.07, 6.45) is 0.155. The summed E-state index contributed by atoms with van der Waals surface area (Å²) in [6, 6.07) is 3.76. The van der Waals surface area contributed by atoms with Crippen LogP contribution in [0.5, 0.6) is 0 Å². The third-order valence-electron chi connectivity index (χ3n) is 2.79. The van der Waals surface area contributed by atoms with Crippen LogP contribution in [0, 0.1) is 6.92 Å². The number of carbonyl (C=O) groups is 2. The maximum absolute atomic E-state index is 11.8. The number of thiazole rings is 1. The minimum atomic E-state index is -0.291. The van der Waals surface area contributed by atoms with Crippen molar-refractivity contribution in [3.05, 3.63) is 37.4 Å². The lowest BCUT2D eigenvalue weighted by molar-refractivity contribution is -0.129. The predicted octanol–water partition coefficient (Wildman–Crippen LogP) is 1.99. The first-order valence-corrected chi connectivity index (χ1v) is 8.91. The van der Waals surface area contributed by atoms with Crippen molar-refractivity contribution in [2.75, 3.05) is 13.6 Å². The molecule has 2 N–H and O–H groups in total. The molecule has 2 aromatic heterocycles. The summed E-state index contributed by atoms with van der Waals surface area (Å²) in [7, 11) is 1.83.